The minimum atomic E-state index is -4.07. The van der Waals surface area contributed by atoms with E-state index in [0.717, 1.165) is 39.1 Å². The third kappa shape index (κ3) is 4.74. The van der Waals surface area contributed by atoms with Gasteiger partial charge in [-0.05, 0) is 37.8 Å². The fourth-order valence-electron chi connectivity index (χ4n) is 2.71. The lowest BCUT2D eigenvalue weighted by atomic mass is 10.1. The van der Waals surface area contributed by atoms with Crippen molar-refractivity contribution in [3.05, 3.63) is 0 Å². The van der Waals surface area contributed by atoms with Gasteiger partial charge in [0, 0.05) is 19.7 Å². The Balaban J connectivity index is 1.57. The summed E-state index contributed by atoms with van der Waals surface area (Å²) < 4.78 is 41.9. The minimum Gasteiger partial charge on any atom is -0.381 e. The summed E-state index contributed by atoms with van der Waals surface area (Å²) in [6.45, 7) is 3.78. The van der Waals surface area contributed by atoms with Gasteiger partial charge in [-0.15, -0.1) is 0 Å². The molecule has 3 nitrogen and oxygen atoms in total. The van der Waals surface area contributed by atoms with Gasteiger partial charge in [-0.3, -0.25) is 4.90 Å². The molecule has 0 saturated carbocycles. The Morgan fingerprint density at radius 1 is 1.17 bits per heavy atom. The lowest BCUT2D eigenvalue weighted by molar-refractivity contribution is -0.143. The number of ether oxygens (including phenoxy) is 1. The maximum Gasteiger partial charge on any atom is 0.401 e. The number of hydrogen-bond donors (Lipinski definition) is 1. The average Bonchev–Trinajstić information content (AvgIpc) is 2.88. The highest BCUT2D eigenvalue weighted by atomic mass is 19.4. The second-order valence-electron chi connectivity index (χ2n) is 5.39. The standard InChI is InChI=1S/C12H21F3N2O/c13-12(14,15)9-17-3-1-10(7-17)5-16-6-11-2-4-18-8-11/h10-11,16H,1-9H2. The van der Waals surface area contributed by atoms with Gasteiger partial charge >= 0.3 is 6.18 Å². The molecule has 18 heavy (non-hydrogen) atoms. The van der Waals surface area contributed by atoms with Gasteiger partial charge in [-0.2, -0.15) is 13.2 Å². The lowest BCUT2D eigenvalue weighted by Gasteiger charge is -2.18. The smallest absolute Gasteiger partial charge is 0.381 e. The fraction of sp³-hybridized carbons (Fsp3) is 1.00. The van der Waals surface area contributed by atoms with Crippen LogP contribution in [0.4, 0.5) is 13.2 Å². The summed E-state index contributed by atoms with van der Waals surface area (Å²) >= 11 is 0. The van der Waals surface area contributed by atoms with Crippen molar-refractivity contribution in [2.45, 2.75) is 19.0 Å². The molecule has 0 spiro atoms. The van der Waals surface area contributed by atoms with Crippen molar-refractivity contribution in [1.29, 1.82) is 0 Å². The Kier molecular flexibility index (Phi) is 4.86. The summed E-state index contributed by atoms with van der Waals surface area (Å²) in [4.78, 5) is 1.50. The molecule has 106 valence electrons. The topological polar surface area (TPSA) is 24.5 Å². The van der Waals surface area contributed by atoms with Crippen LogP contribution < -0.4 is 5.32 Å². The number of hydrogen-bond acceptors (Lipinski definition) is 3. The Morgan fingerprint density at radius 2 is 1.94 bits per heavy atom. The largest absolute Gasteiger partial charge is 0.401 e. The molecule has 2 heterocycles. The third-order valence-electron chi connectivity index (χ3n) is 3.66. The number of halogens is 3. The Bertz CT molecular complexity index is 254. The first-order valence-corrected chi connectivity index (χ1v) is 6.60. The normalized spacial score (nSPS) is 30.2. The number of nitrogens with zero attached hydrogens (tertiary/aromatic N) is 1. The van der Waals surface area contributed by atoms with E-state index in [-0.39, 0.29) is 0 Å². The van der Waals surface area contributed by atoms with Gasteiger partial charge in [0.2, 0.25) is 0 Å². The summed E-state index contributed by atoms with van der Waals surface area (Å²) in [5.41, 5.74) is 0. The van der Waals surface area contributed by atoms with E-state index in [2.05, 4.69) is 5.32 Å². The molecule has 2 rings (SSSR count). The molecule has 0 aliphatic carbocycles. The van der Waals surface area contributed by atoms with Crippen molar-refractivity contribution < 1.29 is 17.9 Å². The van der Waals surface area contributed by atoms with Crippen molar-refractivity contribution in [3.63, 3.8) is 0 Å². The van der Waals surface area contributed by atoms with Gasteiger partial charge in [-0.25, -0.2) is 0 Å². The number of nitrogens with one attached hydrogen (secondary N) is 1. The second kappa shape index (κ2) is 6.21. The van der Waals surface area contributed by atoms with Crippen LogP contribution in [0.15, 0.2) is 0 Å². The van der Waals surface area contributed by atoms with E-state index in [1.165, 1.54) is 4.90 Å². The van der Waals surface area contributed by atoms with Crippen LogP contribution in [-0.2, 0) is 4.74 Å². The van der Waals surface area contributed by atoms with Crippen LogP contribution in [0.25, 0.3) is 0 Å². The van der Waals surface area contributed by atoms with Crippen molar-refractivity contribution in [1.82, 2.24) is 10.2 Å². The monoisotopic (exact) mass is 266 g/mol. The van der Waals surface area contributed by atoms with Crippen molar-refractivity contribution in [2.75, 3.05) is 45.9 Å². The summed E-state index contributed by atoms with van der Waals surface area (Å²) in [6.07, 6.45) is -2.11. The van der Waals surface area contributed by atoms with E-state index in [4.69, 9.17) is 4.74 Å². The van der Waals surface area contributed by atoms with Crippen LogP contribution in [0.5, 0.6) is 0 Å². The molecular formula is C12H21F3N2O. The quantitative estimate of drug-likeness (QED) is 0.816. The Labute approximate surface area is 106 Å². The zero-order valence-corrected chi connectivity index (χ0v) is 10.5. The van der Waals surface area contributed by atoms with Crippen molar-refractivity contribution >= 4 is 0 Å². The average molecular weight is 266 g/mol. The number of likely N-dealkylation sites (tertiary alicyclic amines) is 1. The molecule has 2 aliphatic rings. The molecule has 0 bridgehead atoms. The SMILES string of the molecule is FC(F)(F)CN1CCC(CNCC2CCOC2)C1. The lowest BCUT2D eigenvalue weighted by Crippen LogP contribution is -2.34. The van der Waals surface area contributed by atoms with Crippen LogP contribution in [0, 0.1) is 11.8 Å². The van der Waals surface area contributed by atoms with Crippen LogP contribution >= 0.6 is 0 Å². The van der Waals surface area contributed by atoms with E-state index in [1.807, 2.05) is 0 Å². The highest BCUT2D eigenvalue weighted by Gasteiger charge is 2.34. The van der Waals surface area contributed by atoms with Gasteiger partial charge in [0.05, 0.1) is 13.2 Å². The molecule has 2 aliphatic heterocycles. The highest BCUT2D eigenvalue weighted by Crippen LogP contribution is 2.22. The van der Waals surface area contributed by atoms with E-state index in [1.54, 1.807) is 0 Å². The van der Waals surface area contributed by atoms with Gasteiger partial charge in [-0.1, -0.05) is 0 Å². The molecule has 0 radical (unpaired) electrons. The van der Waals surface area contributed by atoms with E-state index in [9.17, 15) is 13.2 Å². The summed E-state index contributed by atoms with van der Waals surface area (Å²) in [5.74, 6) is 0.937. The molecule has 0 aromatic heterocycles. The highest BCUT2D eigenvalue weighted by molar-refractivity contribution is 4.79. The molecule has 6 heteroatoms. The van der Waals surface area contributed by atoms with Crippen LogP contribution in [0.3, 0.4) is 0 Å². The first-order chi connectivity index (χ1) is 8.53. The van der Waals surface area contributed by atoms with Gasteiger partial charge in [0.25, 0.3) is 0 Å². The molecule has 2 atom stereocenters. The van der Waals surface area contributed by atoms with Gasteiger partial charge < -0.3 is 10.1 Å². The van der Waals surface area contributed by atoms with Crippen molar-refractivity contribution in [3.8, 4) is 0 Å². The second-order valence-corrected chi connectivity index (χ2v) is 5.39. The van der Waals surface area contributed by atoms with Gasteiger partial charge in [0.1, 0.15) is 0 Å². The Morgan fingerprint density at radius 3 is 2.61 bits per heavy atom. The van der Waals surface area contributed by atoms with Crippen LogP contribution in [0.2, 0.25) is 0 Å². The summed E-state index contributed by atoms with van der Waals surface area (Å²) in [7, 11) is 0. The first kappa shape index (κ1) is 14.1. The molecule has 0 amide bonds. The molecule has 0 aromatic rings. The molecule has 2 unspecified atom stereocenters. The molecule has 2 saturated heterocycles. The maximum atomic E-state index is 12.2. The van der Waals surface area contributed by atoms with E-state index in [0.29, 0.717) is 24.9 Å². The summed E-state index contributed by atoms with van der Waals surface area (Å²) in [6, 6.07) is 0. The number of alkyl halides is 3. The zero-order chi connectivity index (χ0) is 13.0. The molecule has 2 fully saturated rings. The fourth-order valence-corrected chi connectivity index (χ4v) is 2.71. The predicted molar refractivity (Wildman–Crippen MR) is 62.4 cm³/mol. The molecule has 0 aromatic carbocycles. The first-order valence-electron chi connectivity index (χ1n) is 6.60. The third-order valence-corrected chi connectivity index (χ3v) is 3.66. The van der Waals surface area contributed by atoms with E-state index >= 15 is 0 Å². The summed E-state index contributed by atoms with van der Waals surface area (Å²) in [5, 5.41) is 3.36. The molecular weight excluding hydrogens is 245 g/mol. The minimum absolute atomic E-state index is 0.356. The van der Waals surface area contributed by atoms with E-state index < -0.39 is 12.7 Å². The molecule has 1 N–H and O–H groups in total. The van der Waals surface area contributed by atoms with Crippen molar-refractivity contribution in [2.24, 2.45) is 11.8 Å². The maximum absolute atomic E-state index is 12.2. The van der Waals surface area contributed by atoms with Crippen LogP contribution in [-0.4, -0.2) is 57.0 Å². The predicted octanol–water partition coefficient (Wildman–Crippen LogP) is 1.50. The van der Waals surface area contributed by atoms with Crippen LogP contribution in [0.1, 0.15) is 12.8 Å². The van der Waals surface area contributed by atoms with Gasteiger partial charge in [0.15, 0.2) is 0 Å². The number of rotatable bonds is 5. The Hall–Kier alpha value is -0.330. The zero-order valence-electron chi connectivity index (χ0n) is 10.5.